The number of aromatic nitrogens is 2. The first-order valence-corrected chi connectivity index (χ1v) is 10.3. The highest BCUT2D eigenvalue weighted by molar-refractivity contribution is 5.68. The highest BCUT2D eigenvalue weighted by Crippen LogP contribution is 2.24. The third-order valence-electron chi connectivity index (χ3n) is 4.81. The highest BCUT2D eigenvalue weighted by Gasteiger charge is 2.26. The van der Waals surface area contributed by atoms with Gasteiger partial charge in [-0.3, -0.25) is 0 Å². The number of hydrogen-bond donors (Lipinski definition) is 1. The molecule has 168 valence electrons. The summed E-state index contributed by atoms with van der Waals surface area (Å²) in [6.45, 7) is 8.19. The molecule has 2 heterocycles. The maximum Gasteiger partial charge on any atom is 0.410 e. The van der Waals surface area contributed by atoms with Crippen LogP contribution in [0.25, 0.3) is 0 Å². The van der Waals surface area contributed by atoms with Crippen molar-refractivity contribution in [2.75, 3.05) is 19.6 Å². The fourth-order valence-corrected chi connectivity index (χ4v) is 3.25. The largest absolute Gasteiger partial charge is 0.444 e. The number of hydrogen-bond acceptors (Lipinski definition) is 6. The van der Waals surface area contributed by atoms with E-state index in [1.807, 2.05) is 20.8 Å². The summed E-state index contributed by atoms with van der Waals surface area (Å²) in [4.78, 5) is 22.0. The van der Waals surface area contributed by atoms with E-state index in [9.17, 15) is 13.6 Å². The lowest BCUT2D eigenvalue weighted by molar-refractivity contribution is 0.0184. The zero-order valence-corrected chi connectivity index (χ0v) is 18.0. The highest BCUT2D eigenvalue weighted by atomic mass is 19.1. The molecule has 7 nitrogen and oxygen atoms in total. The van der Waals surface area contributed by atoms with Crippen molar-refractivity contribution in [1.82, 2.24) is 20.2 Å². The van der Waals surface area contributed by atoms with Crippen LogP contribution in [0, 0.1) is 17.6 Å². The molecule has 0 saturated carbocycles. The minimum atomic E-state index is -0.669. The van der Waals surface area contributed by atoms with Crippen molar-refractivity contribution in [3.8, 4) is 11.6 Å². The predicted molar refractivity (Wildman–Crippen MR) is 111 cm³/mol. The van der Waals surface area contributed by atoms with Gasteiger partial charge in [-0.05, 0) is 58.2 Å². The van der Waals surface area contributed by atoms with E-state index < -0.39 is 17.2 Å². The summed E-state index contributed by atoms with van der Waals surface area (Å²) in [6.07, 6.45) is 2.84. The van der Waals surface area contributed by atoms with E-state index in [-0.39, 0.29) is 17.7 Å². The topological polar surface area (TPSA) is 76.6 Å². The Bertz CT molecular complexity index is 897. The van der Waals surface area contributed by atoms with Crippen molar-refractivity contribution in [3.05, 3.63) is 47.9 Å². The summed E-state index contributed by atoms with van der Waals surface area (Å²) in [7, 11) is 0. The summed E-state index contributed by atoms with van der Waals surface area (Å²) >= 11 is 0. The Balaban J connectivity index is 1.44. The normalized spacial score (nSPS) is 15.1. The van der Waals surface area contributed by atoms with Crippen molar-refractivity contribution >= 4 is 6.09 Å². The van der Waals surface area contributed by atoms with Gasteiger partial charge in [-0.1, -0.05) is 0 Å². The lowest BCUT2D eigenvalue weighted by Gasteiger charge is -2.33. The molecule has 0 unspecified atom stereocenters. The molecule has 1 fully saturated rings. The Morgan fingerprint density at radius 3 is 2.65 bits per heavy atom. The van der Waals surface area contributed by atoms with Gasteiger partial charge in [0.05, 0.1) is 5.69 Å². The zero-order valence-electron chi connectivity index (χ0n) is 18.0. The number of nitrogens with zero attached hydrogens (tertiary/aromatic N) is 3. The van der Waals surface area contributed by atoms with E-state index in [0.29, 0.717) is 31.2 Å². The first-order valence-electron chi connectivity index (χ1n) is 10.3. The molecule has 0 bridgehead atoms. The molecule has 0 radical (unpaired) electrons. The second kappa shape index (κ2) is 10.00. The van der Waals surface area contributed by atoms with E-state index in [4.69, 9.17) is 9.47 Å². The number of likely N-dealkylation sites (tertiary alicyclic amines) is 1. The SMILES string of the molecule is CC(C)(C)OC(=O)N1CCC(CNCc2cc(Oc3cc(F)ccc3F)ncn2)CC1. The van der Waals surface area contributed by atoms with E-state index >= 15 is 0 Å². The second-order valence-corrected chi connectivity index (χ2v) is 8.57. The van der Waals surface area contributed by atoms with Crippen LogP contribution in [-0.2, 0) is 11.3 Å². The third-order valence-corrected chi connectivity index (χ3v) is 4.81. The van der Waals surface area contributed by atoms with Crippen molar-refractivity contribution in [3.63, 3.8) is 0 Å². The number of ether oxygens (including phenoxy) is 2. The maximum atomic E-state index is 13.7. The van der Waals surface area contributed by atoms with Gasteiger partial charge in [0, 0.05) is 31.8 Å². The van der Waals surface area contributed by atoms with Crippen LogP contribution in [0.4, 0.5) is 13.6 Å². The molecule has 0 aliphatic carbocycles. The predicted octanol–water partition coefficient (Wildman–Crippen LogP) is 4.28. The molecular formula is C22H28F2N4O3. The number of piperidine rings is 1. The average molecular weight is 434 g/mol. The molecule has 1 aromatic carbocycles. The summed E-state index contributed by atoms with van der Waals surface area (Å²) < 4.78 is 37.8. The van der Waals surface area contributed by atoms with Gasteiger partial charge in [0.15, 0.2) is 11.6 Å². The molecule has 31 heavy (non-hydrogen) atoms. The molecule has 1 saturated heterocycles. The number of benzene rings is 1. The molecule has 3 rings (SSSR count). The first kappa shape index (κ1) is 22.9. The van der Waals surface area contributed by atoms with Crippen LogP contribution < -0.4 is 10.1 Å². The molecule has 1 amide bonds. The van der Waals surface area contributed by atoms with Crippen LogP contribution >= 0.6 is 0 Å². The zero-order chi connectivity index (χ0) is 22.4. The second-order valence-electron chi connectivity index (χ2n) is 8.57. The van der Waals surface area contributed by atoms with Gasteiger partial charge in [0.1, 0.15) is 17.7 Å². The van der Waals surface area contributed by atoms with Crippen molar-refractivity contribution in [1.29, 1.82) is 0 Å². The van der Waals surface area contributed by atoms with Gasteiger partial charge in [-0.25, -0.2) is 23.5 Å². The van der Waals surface area contributed by atoms with Crippen molar-refractivity contribution < 1.29 is 23.0 Å². The average Bonchev–Trinajstić information content (AvgIpc) is 2.70. The van der Waals surface area contributed by atoms with Crippen LogP contribution in [0.15, 0.2) is 30.6 Å². The van der Waals surface area contributed by atoms with Gasteiger partial charge in [-0.2, -0.15) is 0 Å². The van der Waals surface area contributed by atoms with Gasteiger partial charge >= 0.3 is 6.09 Å². The molecule has 0 spiro atoms. The Labute approximate surface area is 180 Å². The minimum absolute atomic E-state index is 0.141. The molecule has 1 aromatic heterocycles. The quantitative estimate of drug-likeness (QED) is 0.731. The van der Waals surface area contributed by atoms with Crippen LogP contribution in [0.1, 0.15) is 39.3 Å². The smallest absolute Gasteiger partial charge is 0.410 e. The lowest BCUT2D eigenvalue weighted by Crippen LogP contribution is -2.43. The fraction of sp³-hybridized carbons (Fsp3) is 0.500. The Kier molecular flexibility index (Phi) is 7.37. The van der Waals surface area contributed by atoms with E-state index in [2.05, 4.69) is 15.3 Å². The molecule has 1 aliphatic rings. The maximum absolute atomic E-state index is 13.7. The van der Waals surface area contributed by atoms with E-state index in [0.717, 1.165) is 37.6 Å². The van der Waals surface area contributed by atoms with Crippen molar-refractivity contribution in [2.45, 2.75) is 45.8 Å². The van der Waals surface area contributed by atoms with E-state index in [1.165, 1.54) is 6.33 Å². The molecule has 1 N–H and O–H groups in total. The van der Waals surface area contributed by atoms with Crippen molar-refractivity contribution in [2.24, 2.45) is 5.92 Å². The number of carbonyl (C=O) groups excluding carboxylic acids is 1. The van der Waals surface area contributed by atoms with Crippen LogP contribution in [0.5, 0.6) is 11.6 Å². The van der Waals surface area contributed by atoms with E-state index in [1.54, 1.807) is 11.0 Å². The van der Waals surface area contributed by atoms with Gasteiger partial charge in [-0.15, -0.1) is 0 Å². The van der Waals surface area contributed by atoms with Crippen LogP contribution in [0.3, 0.4) is 0 Å². The Hall–Kier alpha value is -2.81. The number of carbonyl (C=O) groups is 1. The van der Waals surface area contributed by atoms with Gasteiger partial charge in [0.2, 0.25) is 5.88 Å². The minimum Gasteiger partial charge on any atom is -0.444 e. The van der Waals surface area contributed by atoms with Gasteiger partial charge < -0.3 is 19.7 Å². The van der Waals surface area contributed by atoms with Crippen LogP contribution in [-0.4, -0.2) is 46.2 Å². The standard InChI is InChI=1S/C22H28F2N4O3/c1-22(2,3)31-21(29)28-8-6-15(7-9-28)12-25-13-17-11-20(27-14-26-17)30-19-10-16(23)4-5-18(19)24/h4-5,10-11,14-15,25H,6-9,12-13H2,1-3H3. The Morgan fingerprint density at radius 1 is 1.19 bits per heavy atom. The molecule has 9 heteroatoms. The monoisotopic (exact) mass is 434 g/mol. The first-order chi connectivity index (χ1) is 14.7. The molecular weight excluding hydrogens is 406 g/mol. The summed E-state index contributed by atoms with van der Waals surface area (Å²) in [6, 6.07) is 4.58. The van der Waals surface area contributed by atoms with Gasteiger partial charge in [0.25, 0.3) is 0 Å². The third kappa shape index (κ3) is 7.13. The van der Waals surface area contributed by atoms with Crippen LogP contribution in [0.2, 0.25) is 0 Å². The Morgan fingerprint density at radius 2 is 1.94 bits per heavy atom. The molecule has 2 aromatic rings. The molecule has 0 atom stereocenters. The number of rotatable bonds is 6. The summed E-state index contributed by atoms with van der Waals surface area (Å²) in [5, 5.41) is 3.35. The number of halogens is 2. The summed E-state index contributed by atoms with van der Waals surface area (Å²) in [5.74, 6) is -0.906. The lowest BCUT2D eigenvalue weighted by atomic mass is 9.97. The molecule has 1 aliphatic heterocycles. The fourth-order valence-electron chi connectivity index (χ4n) is 3.25. The summed E-state index contributed by atoms with van der Waals surface area (Å²) in [5.41, 5.74) is 0.184. The number of nitrogens with one attached hydrogen (secondary N) is 1. The number of amides is 1.